The number of carbonyl (C=O) groups is 3. The number of nitrogens with zero attached hydrogens (tertiary/aromatic N) is 1. The SMILES string of the molecule is O=C(O)CCC(NC(=O)N1CCCC(CO)C1)C(=O)O. The van der Waals surface area contributed by atoms with Crippen molar-refractivity contribution < 1.29 is 29.7 Å². The Kier molecular flexibility index (Phi) is 6.23. The molecule has 0 aromatic carbocycles. The highest BCUT2D eigenvalue weighted by Crippen LogP contribution is 2.15. The largest absolute Gasteiger partial charge is 0.481 e. The third kappa shape index (κ3) is 5.04. The van der Waals surface area contributed by atoms with E-state index in [-0.39, 0.29) is 25.4 Å². The fraction of sp³-hybridized carbons (Fsp3) is 0.750. The number of aliphatic hydroxyl groups excluding tert-OH is 1. The number of likely N-dealkylation sites (tertiary alicyclic amines) is 1. The molecule has 2 unspecified atom stereocenters. The lowest BCUT2D eigenvalue weighted by Crippen LogP contribution is -2.51. The van der Waals surface area contributed by atoms with Crippen molar-refractivity contribution in [1.29, 1.82) is 0 Å². The molecule has 1 aliphatic heterocycles. The van der Waals surface area contributed by atoms with Gasteiger partial charge in [-0.25, -0.2) is 9.59 Å². The van der Waals surface area contributed by atoms with Gasteiger partial charge in [-0.2, -0.15) is 0 Å². The van der Waals surface area contributed by atoms with Crippen LogP contribution in [0.25, 0.3) is 0 Å². The van der Waals surface area contributed by atoms with Crippen LogP contribution >= 0.6 is 0 Å². The van der Waals surface area contributed by atoms with Crippen LogP contribution in [0.1, 0.15) is 25.7 Å². The third-order valence-corrected chi connectivity index (χ3v) is 3.31. The summed E-state index contributed by atoms with van der Waals surface area (Å²) >= 11 is 0. The van der Waals surface area contributed by atoms with Crippen LogP contribution in [0.4, 0.5) is 4.79 Å². The predicted octanol–water partition coefficient (Wildman–Crippen LogP) is -0.282. The Morgan fingerprint density at radius 3 is 2.55 bits per heavy atom. The Morgan fingerprint density at radius 2 is 2.00 bits per heavy atom. The number of piperidine rings is 1. The zero-order chi connectivity index (χ0) is 15.1. The monoisotopic (exact) mass is 288 g/mol. The topological polar surface area (TPSA) is 127 Å². The van der Waals surface area contributed by atoms with E-state index in [9.17, 15) is 14.4 Å². The van der Waals surface area contributed by atoms with Crippen molar-refractivity contribution in [3.8, 4) is 0 Å². The van der Waals surface area contributed by atoms with Gasteiger partial charge >= 0.3 is 18.0 Å². The van der Waals surface area contributed by atoms with Gasteiger partial charge < -0.3 is 25.5 Å². The van der Waals surface area contributed by atoms with Crippen molar-refractivity contribution in [3.63, 3.8) is 0 Å². The van der Waals surface area contributed by atoms with Crippen molar-refractivity contribution in [3.05, 3.63) is 0 Å². The highest BCUT2D eigenvalue weighted by Gasteiger charge is 2.27. The summed E-state index contributed by atoms with van der Waals surface area (Å²) < 4.78 is 0. The van der Waals surface area contributed by atoms with Crippen molar-refractivity contribution in [2.75, 3.05) is 19.7 Å². The predicted molar refractivity (Wildman–Crippen MR) is 68.2 cm³/mol. The van der Waals surface area contributed by atoms with Crippen LogP contribution in [0, 0.1) is 5.92 Å². The molecule has 0 spiro atoms. The first-order valence-corrected chi connectivity index (χ1v) is 6.55. The van der Waals surface area contributed by atoms with Crippen LogP contribution in [0.3, 0.4) is 0 Å². The van der Waals surface area contributed by atoms with Gasteiger partial charge in [0.25, 0.3) is 0 Å². The lowest BCUT2D eigenvalue weighted by atomic mass is 9.99. The molecule has 0 radical (unpaired) electrons. The van der Waals surface area contributed by atoms with Crippen LogP contribution < -0.4 is 5.32 Å². The molecular weight excluding hydrogens is 268 g/mol. The molecule has 0 saturated carbocycles. The number of hydrogen-bond acceptors (Lipinski definition) is 4. The van der Waals surface area contributed by atoms with E-state index in [1.54, 1.807) is 0 Å². The number of carboxylic acid groups (broad SMARTS) is 2. The van der Waals surface area contributed by atoms with Gasteiger partial charge in [-0.05, 0) is 25.2 Å². The zero-order valence-corrected chi connectivity index (χ0v) is 11.1. The molecule has 1 saturated heterocycles. The molecule has 0 aromatic heterocycles. The Labute approximate surface area is 116 Å². The van der Waals surface area contributed by atoms with E-state index in [0.29, 0.717) is 13.1 Å². The molecule has 0 aliphatic carbocycles. The molecule has 1 fully saturated rings. The van der Waals surface area contributed by atoms with Gasteiger partial charge in [0.15, 0.2) is 0 Å². The normalized spacial score (nSPS) is 20.2. The third-order valence-electron chi connectivity index (χ3n) is 3.31. The van der Waals surface area contributed by atoms with Gasteiger partial charge in [-0.15, -0.1) is 0 Å². The Balaban J connectivity index is 2.52. The second kappa shape index (κ2) is 7.68. The van der Waals surface area contributed by atoms with Gasteiger partial charge in [0.1, 0.15) is 6.04 Å². The summed E-state index contributed by atoms with van der Waals surface area (Å²) in [7, 11) is 0. The molecule has 4 N–H and O–H groups in total. The number of nitrogens with one attached hydrogen (secondary N) is 1. The lowest BCUT2D eigenvalue weighted by Gasteiger charge is -2.32. The molecule has 1 aliphatic rings. The number of carbonyl (C=O) groups excluding carboxylic acids is 1. The molecular formula is C12H20N2O6. The van der Waals surface area contributed by atoms with E-state index >= 15 is 0 Å². The first kappa shape index (κ1) is 16.2. The summed E-state index contributed by atoms with van der Waals surface area (Å²) in [6.07, 6.45) is 1.11. The second-order valence-electron chi connectivity index (χ2n) is 4.91. The first-order valence-electron chi connectivity index (χ1n) is 6.55. The molecule has 20 heavy (non-hydrogen) atoms. The smallest absolute Gasteiger partial charge is 0.326 e. The number of amides is 2. The average Bonchev–Trinajstić information content (AvgIpc) is 2.42. The number of urea groups is 1. The molecule has 8 heteroatoms. The van der Waals surface area contributed by atoms with Crippen molar-refractivity contribution in [2.45, 2.75) is 31.7 Å². The van der Waals surface area contributed by atoms with E-state index in [0.717, 1.165) is 12.8 Å². The fourth-order valence-electron chi connectivity index (χ4n) is 2.16. The average molecular weight is 288 g/mol. The summed E-state index contributed by atoms with van der Waals surface area (Å²) in [6.45, 7) is 0.881. The minimum absolute atomic E-state index is 0.00878. The maximum atomic E-state index is 11.9. The van der Waals surface area contributed by atoms with Crippen molar-refractivity contribution in [1.82, 2.24) is 10.2 Å². The van der Waals surface area contributed by atoms with Crippen LogP contribution in [-0.2, 0) is 9.59 Å². The number of hydrogen-bond donors (Lipinski definition) is 4. The van der Waals surface area contributed by atoms with Crippen LogP contribution in [-0.4, -0.2) is 63.9 Å². The maximum absolute atomic E-state index is 11.9. The molecule has 2 amide bonds. The Bertz CT molecular complexity index is 373. The van der Waals surface area contributed by atoms with Gasteiger partial charge in [0.05, 0.1) is 0 Å². The molecule has 1 heterocycles. The van der Waals surface area contributed by atoms with Crippen molar-refractivity contribution >= 4 is 18.0 Å². The number of aliphatic carboxylic acids is 2. The standard InChI is InChI=1S/C12H20N2O6/c15-7-8-2-1-5-14(6-8)12(20)13-9(11(18)19)3-4-10(16)17/h8-9,15H,1-7H2,(H,13,20)(H,16,17)(H,18,19). The highest BCUT2D eigenvalue weighted by atomic mass is 16.4. The van der Waals surface area contributed by atoms with E-state index in [1.165, 1.54) is 4.90 Å². The van der Waals surface area contributed by atoms with Gasteiger partial charge in [-0.1, -0.05) is 0 Å². The zero-order valence-electron chi connectivity index (χ0n) is 11.1. The minimum Gasteiger partial charge on any atom is -0.481 e. The Morgan fingerprint density at radius 1 is 1.30 bits per heavy atom. The van der Waals surface area contributed by atoms with E-state index in [2.05, 4.69) is 5.32 Å². The van der Waals surface area contributed by atoms with Crippen LogP contribution in [0.15, 0.2) is 0 Å². The lowest BCUT2D eigenvalue weighted by molar-refractivity contribution is -0.140. The molecule has 114 valence electrons. The van der Waals surface area contributed by atoms with E-state index in [4.69, 9.17) is 15.3 Å². The van der Waals surface area contributed by atoms with E-state index < -0.39 is 24.0 Å². The van der Waals surface area contributed by atoms with Gasteiger partial charge in [-0.3, -0.25) is 4.79 Å². The highest BCUT2D eigenvalue weighted by molar-refractivity contribution is 5.83. The maximum Gasteiger partial charge on any atom is 0.326 e. The Hall–Kier alpha value is -1.83. The molecule has 8 nitrogen and oxygen atoms in total. The molecule has 0 aromatic rings. The number of rotatable bonds is 6. The summed E-state index contributed by atoms with van der Waals surface area (Å²) in [5.41, 5.74) is 0. The minimum atomic E-state index is -1.25. The van der Waals surface area contributed by atoms with Crippen molar-refractivity contribution in [2.24, 2.45) is 5.92 Å². The summed E-state index contributed by atoms with van der Waals surface area (Å²) in [6, 6.07) is -1.74. The van der Waals surface area contributed by atoms with Gasteiger partial charge in [0, 0.05) is 26.1 Å². The van der Waals surface area contributed by atoms with Gasteiger partial charge in [0.2, 0.25) is 0 Å². The molecule has 1 rings (SSSR count). The summed E-state index contributed by atoms with van der Waals surface area (Å²) in [5.74, 6) is -2.35. The summed E-state index contributed by atoms with van der Waals surface area (Å²) in [4.78, 5) is 34.8. The fourth-order valence-corrected chi connectivity index (χ4v) is 2.16. The molecule has 2 atom stereocenters. The first-order chi connectivity index (χ1) is 9.43. The van der Waals surface area contributed by atoms with Crippen LogP contribution in [0.5, 0.6) is 0 Å². The van der Waals surface area contributed by atoms with E-state index in [1.807, 2.05) is 0 Å². The van der Waals surface area contributed by atoms with Crippen LogP contribution in [0.2, 0.25) is 0 Å². The number of aliphatic hydroxyl groups is 1. The number of carboxylic acids is 2. The second-order valence-corrected chi connectivity index (χ2v) is 4.91. The molecule has 0 bridgehead atoms. The summed E-state index contributed by atoms with van der Waals surface area (Å²) in [5, 5.41) is 28.9. The quantitative estimate of drug-likeness (QED) is 0.532.